The van der Waals surface area contributed by atoms with Crippen LogP contribution in [0.2, 0.25) is 5.02 Å². The number of nitriles is 1. The Labute approximate surface area is 147 Å². The summed E-state index contributed by atoms with van der Waals surface area (Å²) in [6, 6.07) is 12.1. The SMILES string of the molecule is Cc1ccc(NC(=O)/C(C#N)=C/c2cc(Br)cc(Cl)c2O)cc1. The van der Waals surface area contributed by atoms with Gasteiger partial charge in [-0.2, -0.15) is 5.26 Å². The van der Waals surface area contributed by atoms with E-state index in [1.165, 1.54) is 12.1 Å². The van der Waals surface area contributed by atoms with Crippen molar-refractivity contribution in [1.82, 2.24) is 0 Å². The van der Waals surface area contributed by atoms with Gasteiger partial charge < -0.3 is 10.4 Å². The molecule has 0 aliphatic carbocycles. The highest BCUT2D eigenvalue weighted by molar-refractivity contribution is 9.10. The number of hydrogen-bond donors (Lipinski definition) is 2. The van der Waals surface area contributed by atoms with Crippen LogP contribution in [0.1, 0.15) is 11.1 Å². The van der Waals surface area contributed by atoms with E-state index in [1.807, 2.05) is 25.1 Å². The minimum atomic E-state index is -0.563. The maximum Gasteiger partial charge on any atom is 0.266 e. The lowest BCUT2D eigenvalue weighted by atomic mass is 10.1. The topological polar surface area (TPSA) is 73.1 Å². The monoisotopic (exact) mass is 390 g/mol. The molecule has 6 heteroatoms. The summed E-state index contributed by atoms with van der Waals surface area (Å²) in [7, 11) is 0. The highest BCUT2D eigenvalue weighted by atomic mass is 79.9. The maximum absolute atomic E-state index is 12.2. The fraction of sp³-hybridized carbons (Fsp3) is 0.0588. The van der Waals surface area contributed by atoms with Crippen molar-refractivity contribution >= 4 is 45.2 Å². The Morgan fingerprint density at radius 3 is 2.61 bits per heavy atom. The second-order valence-corrected chi connectivity index (χ2v) is 6.14. The molecule has 0 saturated heterocycles. The first-order valence-electron chi connectivity index (χ1n) is 6.58. The highest BCUT2D eigenvalue weighted by Gasteiger charge is 2.12. The van der Waals surface area contributed by atoms with Crippen molar-refractivity contribution in [3.05, 3.63) is 62.6 Å². The van der Waals surface area contributed by atoms with E-state index in [-0.39, 0.29) is 21.9 Å². The summed E-state index contributed by atoms with van der Waals surface area (Å²) in [6.07, 6.45) is 1.29. The Bertz CT molecular complexity index is 824. The van der Waals surface area contributed by atoms with E-state index in [9.17, 15) is 15.2 Å². The third kappa shape index (κ3) is 4.35. The minimum Gasteiger partial charge on any atom is -0.506 e. The average Bonchev–Trinajstić information content (AvgIpc) is 2.51. The number of aryl methyl sites for hydroxylation is 1. The van der Waals surface area contributed by atoms with E-state index in [0.717, 1.165) is 5.56 Å². The molecule has 0 saturated carbocycles. The Morgan fingerprint density at radius 2 is 2.00 bits per heavy atom. The van der Waals surface area contributed by atoms with Crippen LogP contribution in [-0.2, 0) is 4.79 Å². The average molecular weight is 392 g/mol. The van der Waals surface area contributed by atoms with Gasteiger partial charge >= 0.3 is 0 Å². The summed E-state index contributed by atoms with van der Waals surface area (Å²) < 4.78 is 0.628. The molecule has 2 aromatic carbocycles. The van der Waals surface area contributed by atoms with Crippen molar-refractivity contribution in [3.8, 4) is 11.8 Å². The van der Waals surface area contributed by atoms with Crippen LogP contribution in [0.4, 0.5) is 5.69 Å². The van der Waals surface area contributed by atoms with Crippen LogP contribution in [-0.4, -0.2) is 11.0 Å². The Morgan fingerprint density at radius 1 is 1.35 bits per heavy atom. The standard InChI is InChI=1S/C17H12BrClN2O2/c1-10-2-4-14(5-3-10)21-17(23)12(9-20)6-11-7-13(18)8-15(19)16(11)22/h2-8,22H,1H3,(H,21,23)/b12-6+. The number of amides is 1. The predicted octanol–water partition coefficient (Wildman–Crippen LogP) is 4.66. The quantitative estimate of drug-likeness (QED) is 0.590. The molecule has 0 aromatic heterocycles. The van der Waals surface area contributed by atoms with Gasteiger partial charge in [0.15, 0.2) is 0 Å². The van der Waals surface area contributed by atoms with Crippen molar-refractivity contribution in [2.45, 2.75) is 6.92 Å². The van der Waals surface area contributed by atoms with E-state index in [2.05, 4.69) is 21.2 Å². The largest absolute Gasteiger partial charge is 0.506 e. The normalized spacial score (nSPS) is 11.0. The molecule has 116 valence electrons. The molecule has 0 bridgehead atoms. The Kier molecular flexibility index (Phi) is 5.43. The lowest BCUT2D eigenvalue weighted by molar-refractivity contribution is -0.112. The lowest BCUT2D eigenvalue weighted by Crippen LogP contribution is -2.13. The number of halogens is 2. The Hall–Kier alpha value is -2.29. The second-order valence-electron chi connectivity index (χ2n) is 4.82. The fourth-order valence-corrected chi connectivity index (χ4v) is 2.67. The molecular weight excluding hydrogens is 380 g/mol. The molecule has 2 N–H and O–H groups in total. The fourth-order valence-electron chi connectivity index (χ4n) is 1.84. The predicted molar refractivity (Wildman–Crippen MR) is 94.2 cm³/mol. The van der Waals surface area contributed by atoms with E-state index in [1.54, 1.807) is 18.2 Å². The number of hydrogen-bond acceptors (Lipinski definition) is 3. The van der Waals surface area contributed by atoms with Crippen LogP contribution in [0.25, 0.3) is 6.08 Å². The summed E-state index contributed by atoms with van der Waals surface area (Å²) in [4.78, 5) is 12.2. The van der Waals surface area contributed by atoms with E-state index in [0.29, 0.717) is 10.2 Å². The molecule has 0 heterocycles. The number of carbonyl (C=O) groups is 1. The van der Waals surface area contributed by atoms with Gasteiger partial charge in [-0.3, -0.25) is 4.79 Å². The van der Waals surface area contributed by atoms with Gasteiger partial charge in [-0.05, 0) is 37.3 Å². The molecule has 1 amide bonds. The van der Waals surface area contributed by atoms with Crippen LogP contribution in [0, 0.1) is 18.3 Å². The van der Waals surface area contributed by atoms with E-state index < -0.39 is 5.91 Å². The number of carbonyl (C=O) groups excluding carboxylic acids is 1. The van der Waals surface area contributed by atoms with Crippen molar-refractivity contribution in [2.24, 2.45) is 0 Å². The van der Waals surface area contributed by atoms with Gasteiger partial charge in [-0.1, -0.05) is 45.2 Å². The minimum absolute atomic E-state index is 0.127. The molecule has 2 aromatic rings. The zero-order chi connectivity index (χ0) is 17.0. The number of nitrogens with zero attached hydrogens (tertiary/aromatic N) is 1. The molecule has 0 aliphatic rings. The molecule has 4 nitrogen and oxygen atoms in total. The third-order valence-corrected chi connectivity index (χ3v) is 3.78. The van der Waals surface area contributed by atoms with Gasteiger partial charge in [0.2, 0.25) is 0 Å². The number of phenolic OH excluding ortho intramolecular Hbond substituents is 1. The summed E-state index contributed by atoms with van der Waals surface area (Å²) in [5.74, 6) is -0.752. The first-order valence-corrected chi connectivity index (χ1v) is 7.75. The van der Waals surface area contributed by atoms with Crippen LogP contribution in [0.15, 0.2) is 46.4 Å². The number of aromatic hydroxyl groups is 1. The zero-order valence-electron chi connectivity index (χ0n) is 12.1. The van der Waals surface area contributed by atoms with Gasteiger partial charge in [-0.25, -0.2) is 0 Å². The first kappa shape index (κ1) is 17.1. The molecule has 0 fully saturated rings. The van der Waals surface area contributed by atoms with Crippen molar-refractivity contribution in [2.75, 3.05) is 5.32 Å². The molecule has 23 heavy (non-hydrogen) atoms. The number of benzene rings is 2. The number of rotatable bonds is 3. The van der Waals surface area contributed by atoms with Crippen LogP contribution >= 0.6 is 27.5 Å². The number of nitrogens with one attached hydrogen (secondary N) is 1. The van der Waals surface area contributed by atoms with Gasteiger partial charge in [0, 0.05) is 15.7 Å². The summed E-state index contributed by atoms with van der Waals surface area (Å²) in [6.45, 7) is 1.94. The molecule has 0 unspecified atom stereocenters. The number of anilines is 1. The molecule has 0 spiro atoms. The van der Waals surface area contributed by atoms with Crippen molar-refractivity contribution in [1.29, 1.82) is 5.26 Å². The Balaban J connectivity index is 2.30. The number of phenols is 1. The molecular formula is C17H12BrClN2O2. The van der Waals surface area contributed by atoms with E-state index >= 15 is 0 Å². The van der Waals surface area contributed by atoms with Crippen LogP contribution in [0.5, 0.6) is 5.75 Å². The zero-order valence-corrected chi connectivity index (χ0v) is 14.4. The van der Waals surface area contributed by atoms with Gasteiger partial charge in [0.25, 0.3) is 5.91 Å². The van der Waals surface area contributed by atoms with Gasteiger partial charge in [0.1, 0.15) is 17.4 Å². The van der Waals surface area contributed by atoms with Crippen molar-refractivity contribution < 1.29 is 9.90 Å². The second kappa shape index (κ2) is 7.32. The summed E-state index contributed by atoms with van der Waals surface area (Å²) >= 11 is 9.13. The van der Waals surface area contributed by atoms with Gasteiger partial charge in [0.05, 0.1) is 5.02 Å². The highest BCUT2D eigenvalue weighted by Crippen LogP contribution is 2.32. The first-order chi connectivity index (χ1) is 10.9. The third-order valence-electron chi connectivity index (χ3n) is 3.03. The maximum atomic E-state index is 12.2. The summed E-state index contributed by atoms with van der Waals surface area (Å²) in [5, 5.41) is 21.9. The molecule has 0 atom stereocenters. The summed E-state index contributed by atoms with van der Waals surface area (Å²) in [5.41, 5.74) is 1.78. The molecule has 0 aliphatic heterocycles. The van der Waals surface area contributed by atoms with Crippen molar-refractivity contribution in [3.63, 3.8) is 0 Å². The molecule has 0 radical (unpaired) electrons. The smallest absolute Gasteiger partial charge is 0.266 e. The molecule has 2 rings (SSSR count). The van der Waals surface area contributed by atoms with E-state index in [4.69, 9.17) is 11.6 Å². The van der Waals surface area contributed by atoms with Crippen LogP contribution < -0.4 is 5.32 Å². The van der Waals surface area contributed by atoms with Gasteiger partial charge in [-0.15, -0.1) is 0 Å². The van der Waals surface area contributed by atoms with Crippen LogP contribution in [0.3, 0.4) is 0 Å². The lowest BCUT2D eigenvalue weighted by Gasteiger charge is -2.06.